The van der Waals surface area contributed by atoms with Crippen LogP contribution in [0.25, 0.3) is 0 Å². The molecule has 1 aliphatic rings. The van der Waals surface area contributed by atoms with Crippen LogP contribution in [0.3, 0.4) is 0 Å². The Balaban J connectivity index is 2.16. The number of aliphatic hydroxyl groups excluding tert-OH is 1. The van der Waals surface area contributed by atoms with Crippen LogP contribution in [-0.2, 0) is 0 Å². The van der Waals surface area contributed by atoms with Crippen molar-refractivity contribution < 1.29 is 5.11 Å². The van der Waals surface area contributed by atoms with Crippen molar-refractivity contribution in [2.45, 2.75) is 51.5 Å². The van der Waals surface area contributed by atoms with E-state index in [1.165, 1.54) is 19.3 Å². The molecule has 2 heteroatoms. The summed E-state index contributed by atoms with van der Waals surface area (Å²) in [5.41, 5.74) is 0.0992. The van der Waals surface area contributed by atoms with Gasteiger partial charge in [-0.2, -0.15) is 0 Å². The molecule has 0 bridgehead atoms. The topological polar surface area (TPSA) is 32.3 Å². The van der Waals surface area contributed by atoms with Gasteiger partial charge in [0.1, 0.15) is 0 Å². The second-order valence-corrected chi connectivity index (χ2v) is 4.57. The molecule has 0 aromatic heterocycles. The molecule has 1 unspecified atom stereocenters. The third-order valence-electron chi connectivity index (χ3n) is 3.22. The number of rotatable bonds is 6. The Labute approximate surface area is 81.7 Å². The van der Waals surface area contributed by atoms with Gasteiger partial charge in [0, 0.05) is 5.54 Å². The predicted molar refractivity (Wildman–Crippen MR) is 55.7 cm³/mol. The number of nitrogens with one attached hydrogen (secondary N) is 1. The lowest BCUT2D eigenvalue weighted by Gasteiger charge is -2.42. The molecule has 2 N–H and O–H groups in total. The summed E-state index contributed by atoms with van der Waals surface area (Å²) in [6, 6.07) is 0. The first kappa shape index (κ1) is 11.0. The van der Waals surface area contributed by atoms with Crippen molar-refractivity contribution in [1.82, 2.24) is 5.32 Å². The highest BCUT2D eigenvalue weighted by atomic mass is 16.3. The molecule has 0 aromatic carbocycles. The van der Waals surface area contributed by atoms with E-state index in [4.69, 9.17) is 0 Å². The smallest absolute Gasteiger partial charge is 0.0613 e. The second-order valence-electron chi connectivity index (χ2n) is 4.57. The minimum Gasteiger partial charge on any atom is -0.394 e. The number of hydrogen-bond acceptors (Lipinski definition) is 2. The molecular formula is C11H23NO. The molecular weight excluding hydrogens is 162 g/mol. The van der Waals surface area contributed by atoms with Gasteiger partial charge < -0.3 is 10.4 Å². The van der Waals surface area contributed by atoms with Crippen molar-refractivity contribution in [2.24, 2.45) is 5.92 Å². The van der Waals surface area contributed by atoms with Crippen LogP contribution in [0.4, 0.5) is 0 Å². The van der Waals surface area contributed by atoms with Crippen LogP contribution in [0.1, 0.15) is 46.0 Å². The SMILES string of the molecule is CCCC(C)CNC1(CO)CCC1. The van der Waals surface area contributed by atoms with Gasteiger partial charge in [0.05, 0.1) is 6.61 Å². The van der Waals surface area contributed by atoms with Crippen LogP contribution >= 0.6 is 0 Å². The molecule has 1 atom stereocenters. The van der Waals surface area contributed by atoms with Crippen molar-refractivity contribution >= 4 is 0 Å². The molecule has 1 saturated carbocycles. The van der Waals surface area contributed by atoms with Crippen LogP contribution in [0, 0.1) is 5.92 Å². The minimum atomic E-state index is 0.0992. The van der Waals surface area contributed by atoms with E-state index in [0.29, 0.717) is 6.61 Å². The highest BCUT2D eigenvalue weighted by Crippen LogP contribution is 2.31. The fraction of sp³-hybridized carbons (Fsp3) is 1.00. The molecule has 2 nitrogen and oxygen atoms in total. The Bertz CT molecular complexity index is 138. The Kier molecular flexibility index (Phi) is 4.20. The van der Waals surface area contributed by atoms with E-state index in [0.717, 1.165) is 25.3 Å². The van der Waals surface area contributed by atoms with E-state index in [2.05, 4.69) is 19.2 Å². The molecule has 1 aliphatic carbocycles. The number of hydrogen-bond donors (Lipinski definition) is 2. The maximum atomic E-state index is 9.22. The zero-order valence-corrected chi connectivity index (χ0v) is 8.97. The molecule has 1 rings (SSSR count). The summed E-state index contributed by atoms with van der Waals surface area (Å²) in [4.78, 5) is 0. The molecule has 78 valence electrons. The van der Waals surface area contributed by atoms with E-state index in [-0.39, 0.29) is 5.54 Å². The van der Waals surface area contributed by atoms with Gasteiger partial charge in [0.2, 0.25) is 0 Å². The van der Waals surface area contributed by atoms with Gasteiger partial charge in [-0.1, -0.05) is 20.3 Å². The van der Waals surface area contributed by atoms with Crippen molar-refractivity contribution in [2.75, 3.05) is 13.2 Å². The highest BCUT2D eigenvalue weighted by molar-refractivity contribution is 4.95. The lowest BCUT2D eigenvalue weighted by Crippen LogP contribution is -2.54. The second kappa shape index (κ2) is 4.97. The first-order valence-corrected chi connectivity index (χ1v) is 5.58. The average Bonchev–Trinajstić information content (AvgIpc) is 2.04. The van der Waals surface area contributed by atoms with Gasteiger partial charge in [-0.05, 0) is 38.1 Å². The summed E-state index contributed by atoms with van der Waals surface area (Å²) in [5, 5.41) is 12.7. The maximum absolute atomic E-state index is 9.22. The minimum absolute atomic E-state index is 0.0992. The first-order chi connectivity index (χ1) is 6.22. The zero-order valence-electron chi connectivity index (χ0n) is 8.97. The summed E-state index contributed by atoms with van der Waals surface area (Å²) in [6.45, 7) is 5.88. The Morgan fingerprint density at radius 3 is 2.54 bits per heavy atom. The first-order valence-electron chi connectivity index (χ1n) is 5.58. The molecule has 0 aromatic rings. The van der Waals surface area contributed by atoms with E-state index in [1.807, 2.05) is 0 Å². The van der Waals surface area contributed by atoms with Gasteiger partial charge in [-0.3, -0.25) is 0 Å². The summed E-state index contributed by atoms with van der Waals surface area (Å²) >= 11 is 0. The Hall–Kier alpha value is -0.0800. The molecule has 0 aliphatic heterocycles. The van der Waals surface area contributed by atoms with E-state index >= 15 is 0 Å². The fourth-order valence-corrected chi connectivity index (χ4v) is 1.98. The normalized spacial score (nSPS) is 22.4. The third-order valence-corrected chi connectivity index (χ3v) is 3.22. The molecule has 0 amide bonds. The summed E-state index contributed by atoms with van der Waals surface area (Å²) < 4.78 is 0. The summed E-state index contributed by atoms with van der Waals surface area (Å²) in [6.07, 6.45) is 6.13. The van der Waals surface area contributed by atoms with E-state index in [1.54, 1.807) is 0 Å². The zero-order chi connectivity index (χ0) is 9.73. The predicted octanol–water partition coefficient (Wildman–Crippen LogP) is 1.93. The lowest BCUT2D eigenvalue weighted by molar-refractivity contribution is 0.0847. The fourth-order valence-electron chi connectivity index (χ4n) is 1.98. The summed E-state index contributed by atoms with van der Waals surface area (Å²) in [5.74, 6) is 0.744. The Morgan fingerprint density at radius 1 is 1.46 bits per heavy atom. The van der Waals surface area contributed by atoms with Crippen molar-refractivity contribution in [3.05, 3.63) is 0 Å². The third kappa shape index (κ3) is 2.96. The van der Waals surface area contributed by atoms with Gasteiger partial charge in [0.15, 0.2) is 0 Å². The monoisotopic (exact) mass is 185 g/mol. The molecule has 0 heterocycles. The Morgan fingerprint density at radius 2 is 2.15 bits per heavy atom. The molecule has 13 heavy (non-hydrogen) atoms. The van der Waals surface area contributed by atoms with Gasteiger partial charge in [-0.25, -0.2) is 0 Å². The van der Waals surface area contributed by atoms with Gasteiger partial charge in [0.25, 0.3) is 0 Å². The average molecular weight is 185 g/mol. The maximum Gasteiger partial charge on any atom is 0.0613 e. The van der Waals surface area contributed by atoms with Crippen molar-refractivity contribution in [3.63, 3.8) is 0 Å². The van der Waals surface area contributed by atoms with E-state index < -0.39 is 0 Å². The summed E-state index contributed by atoms with van der Waals surface area (Å²) in [7, 11) is 0. The van der Waals surface area contributed by atoms with Crippen LogP contribution in [0.5, 0.6) is 0 Å². The van der Waals surface area contributed by atoms with Crippen LogP contribution in [-0.4, -0.2) is 23.8 Å². The lowest BCUT2D eigenvalue weighted by atomic mass is 9.77. The van der Waals surface area contributed by atoms with Crippen molar-refractivity contribution in [3.8, 4) is 0 Å². The van der Waals surface area contributed by atoms with Crippen LogP contribution < -0.4 is 5.32 Å². The molecule has 0 saturated heterocycles. The molecule has 1 fully saturated rings. The number of aliphatic hydroxyl groups is 1. The molecule has 0 spiro atoms. The van der Waals surface area contributed by atoms with Crippen molar-refractivity contribution in [1.29, 1.82) is 0 Å². The largest absolute Gasteiger partial charge is 0.394 e. The molecule has 0 radical (unpaired) electrons. The van der Waals surface area contributed by atoms with Crippen LogP contribution in [0.2, 0.25) is 0 Å². The standard InChI is InChI=1S/C11H23NO/c1-3-5-10(2)8-12-11(9-13)6-4-7-11/h10,12-13H,3-9H2,1-2H3. The van der Waals surface area contributed by atoms with Gasteiger partial charge in [-0.15, -0.1) is 0 Å². The quantitative estimate of drug-likeness (QED) is 0.662. The highest BCUT2D eigenvalue weighted by Gasteiger charge is 2.35. The van der Waals surface area contributed by atoms with E-state index in [9.17, 15) is 5.11 Å². The van der Waals surface area contributed by atoms with Gasteiger partial charge >= 0.3 is 0 Å². The van der Waals surface area contributed by atoms with Crippen LogP contribution in [0.15, 0.2) is 0 Å².